The molecule has 0 atom stereocenters. The summed E-state index contributed by atoms with van der Waals surface area (Å²) in [4.78, 5) is 22.2. The lowest BCUT2D eigenvalue weighted by Crippen LogP contribution is -2.15. The number of halogens is 1. The van der Waals surface area contributed by atoms with Crippen LogP contribution in [0.3, 0.4) is 0 Å². The summed E-state index contributed by atoms with van der Waals surface area (Å²) in [6.07, 6.45) is 0.660. The predicted octanol–water partition coefficient (Wildman–Crippen LogP) is 1.77. The van der Waals surface area contributed by atoms with E-state index in [1.54, 1.807) is 6.07 Å². The van der Waals surface area contributed by atoms with Gasteiger partial charge in [0.1, 0.15) is 0 Å². The van der Waals surface area contributed by atoms with Gasteiger partial charge >= 0.3 is 5.97 Å². The highest BCUT2D eigenvalue weighted by atomic mass is 35.5. The van der Waals surface area contributed by atoms with Gasteiger partial charge in [0.05, 0.1) is 23.8 Å². The number of benzene rings is 1. The molecule has 0 fully saturated rings. The second kappa shape index (κ2) is 4.63. The first-order valence-corrected chi connectivity index (χ1v) is 5.35. The minimum absolute atomic E-state index is 0.0432. The zero-order valence-electron chi connectivity index (χ0n) is 8.73. The number of ketones is 1. The lowest BCUT2D eigenvalue weighted by molar-refractivity contribution is -0.131. The van der Waals surface area contributed by atoms with Crippen LogP contribution in [0.25, 0.3) is 0 Å². The maximum atomic E-state index is 11.5. The van der Waals surface area contributed by atoms with Crippen LogP contribution < -0.4 is 9.47 Å². The number of carboxylic acid groups (broad SMARTS) is 1. The van der Waals surface area contributed by atoms with Gasteiger partial charge in [0, 0.05) is 6.42 Å². The Balaban J connectivity index is 2.56. The molecular formula is C11H9ClO5. The molecule has 0 radical (unpaired) electrons. The molecule has 2 rings (SSSR count). The fraction of sp³-hybridized carbons (Fsp3) is 0.273. The Morgan fingerprint density at radius 3 is 2.65 bits per heavy atom. The highest BCUT2D eigenvalue weighted by Gasteiger charge is 2.27. The van der Waals surface area contributed by atoms with Crippen molar-refractivity contribution >= 4 is 23.4 Å². The van der Waals surface area contributed by atoms with Crippen molar-refractivity contribution in [1.82, 2.24) is 0 Å². The summed E-state index contributed by atoms with van der Waals surface area (Å²) in [7, 11) is 0. The predicted molar refractivity (Wildman–Crippen MR) is 59.0 cm³/mol. The van der Waals surface area contributed by atoms with Crippen LogP contribution in [0.1, 0.15) is 16.8 Å². The first-order chi connectivity index (χ1) is 8.11. The van der Waals surface area contributed by atoms with E-state index in [0.717, 1.165) is 0 Å². The quantitative estimate of drug-likeness (QED) is 0.645. The lowest BCUT2D eigenvalue weighted by Gasteiger charge is -2.11. The third-order valence-electron chi connectivity index (χ3n) is 2.28. The molecule has 1 aromatic carbocycles. The number of ether oxygens (including phenoxy) is 2. The van der Waals surface area contributed by atoms with E-state index >= 15 is 0 Å². The molecule has 5 nitrogen and oxygen atoms in total. The number of aliphatic carboxylic acids is 1. The van der Waals surface area contributed by atoms with Crippen molar-refractivity contribution in [2.45, 2.75) is 6.42 Å². The summed E-state index contributed by atoms with van der Waals surface area (Å²) in [5, 5.41) is 8.77. The largest absolute Gasteiger partial charge is 0.490 e. The highest BCUT2D eigenvalue weighted by molar-refractivity contribution is 6.45. The number of hydrogen-bond donors (Lipinski definition) is 1. The summed E-state index contributed by atoms with van der Waals surface area (Å²) < 4.78 is 10.7. The molecule has 1 aliphatic heterocycles. The van der Waals surface area contributed by atoms with E-state index in [2.05, 4.69) is 0 Å². The van der Waals surface area contributed by atoms with Gasteiger partial charge in [0.15, 0.2) is 11.5 Å². The van der Waals surface area contributed by atoms with Gasteiger partial charge in [-0.2, -0.15) is 0 Å². The second-order valence-electron chi connectivity index (χ2n) is 3.43. The maximum Gasteiger partial charge on any atom is 0.377 e. The molecule has 0 amide bonds. The zero-order valence-corrected chi connectivity index (χ0v) is 9.49. The van der Waals surface area contributed by atoms with E-state index in [1.165, 1.54) is 6.07 Å². The molecule has 17 heavy (non-hydrogen) atoms. The summed E-state index contributed by atoms with van der Waals surface area (Å²) in [5.41, 5.74) is -0.154. The smallest absolute Gasteiger partial charge is 0.377 e. The van der Waals surface area contributed by atoms with Crippen molar-refractivity contribution in [3.63, 3.8) is 0 Å². The molecule has 1 heterocycles. The van der Waals surface area contributed by atoms with Gasteiger partial charge in [-0.1, -0.05) is 11.6 Å². The van der Waals surface area contributed by atoms with E-state index in [-0.39, 0.29) is 16.3 Å². The van der Waals surface area contributed by atoms with Gasteiger partial charge in [0.25, 0.3) is 5.78 Å². The number of Topliss-reactive ketones (excluding diaryl/α,β-unsaturated/α-hetero) is 1. The fourth-order valence-corrected chi connectivity index (χ4v) is 1.76. The number of hydrogen-bond acceptors (Lipinski definition) is 4. The van der Waals surface area contributed by atoms with Crippen molar-refractivity contribution in [1.29, 1.82) is 0 Å². The van der Waals surface area contributed by atoms with Crippen LogP contribution in [0.4, 0.5) is 0 Å². The summed E-state index contributed by atoms with van der Waals surface area (Å²) in [6.45, 7) is 0.808. The molecular weight excluding hydrogens is 248 g/mol. The standard InChI is InChI=1S/C11H9ClO5/c12-6-2-3-7-10(17-5-1-4-16-7)8(6)9(13)11(14)15/h2-3H,1,4-5H2,(H,14,15). The van der Waals surface area contributed by atoms with Crippen LogP contribution in [0.2, 0.25) is 5.02 Å². The molecule has 0 unspecified atom stereocenters. The lowest BCUT2D eigenvalue weighted by atomic mass is 10.1. The Hall–Kier alpha value is -1.75. The molecule has 0 spiro atoms. The van der Waals surface area contributed by atoms with E-state index in [0.29, 0.717) is 25.4 Å². The van der Waals surface area contributed by atoms with Crippen molar-refractivity contribution < 1.29 is 24.2 Å². The molecule has 90 valence electrons. The third kappa shape index (κ3) is 2.19. The topological polar surface area (TPSA) is 72.8 Å². The van der Waals surface area contributed by atoms with Crippen LogP contribution in [0.5, 0.6) is 11.5 Å². The highest BCUT2D eigenvalue weighted by Crippen LogP contribution is 2.37. The minimum atomic E-state index is -1.58. The Bertz CT molecular complexity index is 483. The summed E-state index contributed by atoms with van der Waals surface area (Å²) >= 11 is 5.83. The number of carbonyl (C=O) groups excluding carboxylic acids is 1. The number of rotatable bonds is 2. The van der Waals surface area contributed by atoms with E-state index in [9.17, 15) is 9.59 Å². The molecule has 0 aliphatic carbocycles. The number of fused-ring (bicyclic) bond motifs is 1. The first kappa shape index (κ1) is 11.7. The average Bonchev–Trinajstić information content (AvgIpc) is 2.53. The Morgan fingerprint density at radius 1 is 1.24 bits per heavy atom. The van der Waals surface area contributed by atoms with Crippen LogP contribution >= 0.6 is 11.6 Å². The van der Waals surface area contributed by atoms with Gasteiger partial charge in [-0.05, 0) is 12.1 Å². The maximum absolute atomic E-state index is 11.5. The van der Waals surface area contributed by atoms with E-state index in [1.807, 2.05) is 0 Å². The third-order valence-corrected chi connectivity index (χ3v) is 2.60. The molecule has 6 heteroatoms. The zero-order chi connectivity index (χ0) is 12.4. The van der Waals surface area contributed by atoms with Crippen LogP contribution in [-0.2, 0) is 4.79 Å². The Labute approximate surface area is 102 Å². The van der Waals surface area contributed by atoms with Gasteiger partial charge in [-0.3, -0.25) is 4.79 Å². The molecule has 0 saturated heterocycles. The van der Waals surface area contributed by atoms with Crippen molar-refractivity contribution in [3.05, 3.63) is 22.7 Å². The number of carboxylic acids is 1. The molecule has 1 aliphatic rings. The SMILES string of the molecule is O=C(O)C(=O)c1c(Cl)ccc2c1OCCCO2. The van der Waals surface area contributed by atoms with Gasteiger partial charge in [0.2, 0.25) is 0 Å². The average molecular weight is 257 g/mol. The van der Waals surface area contributed by atoms with Crippen molar-refractivity contribution in [2.24, 2.45) is 0 Å². The van der Waals surface area contributed by atoms with Gasteiger partial charge in [-0.15, -0.1) is 0 Å². The Kier molecular flexibility index (Phi) is 3.19. The van der Waals surface area contributed by atoms with E-state index < -0.39 is 11.8 Å². The second-order valence-corrected chi connectivity index (χ2v) is 3.84. The molecule has 0 bridgehead atoms. The van der Waals surface area contributed by atoms with Gasteiger partial charge in [-0.25, -0.2) is 4.79 Å². The summed E-state index contributed by atoms with van der Waals surface area (Å²) in [6, 6.07) is 2.98. The number of carbonyl (C=O) groups is 2. The monoisotopic (exact) mass is 256 g/mol. The fourth-order valence-electron chi connectivity index (χ4n) is 1.53. The molecule has 1 aromatic rings. The van der Waals surface area contributed by atoms with Crippen molar-refractivity contribution in [3.8, 4) is 11.5 Å². The first-order valence-electron chi connectivity index (χ1n) is 4.97. The van der Waals surface area contributed by atoms with Crippen LogP contribution in [-0.4, -0.2) is 30.1 Å². The molecule has 0 aromatic heterocycles. The van der Waals surface area contributed by atoms with Gasteiger partial charge < -0.3 is 14.6 Å². The molecule has 0 saturated carbocycles. The van der Waals surface area contributed by atoms with Crippen LogP contribution in [0.15, 0.2) is 12.1 Å². The summed E-state index contributed by atoms with van der Waals surface area (Å²) in [5.74, 6) is -2.22. The normalized spacial score (nSPS) is 13.9. The van der Waals surface area contributed by atoms with Crippen molar-refractivity contribution in [2.75, 3.05) is 13.2 Å². The van der Waals surface area contributed by atoms with Crippen LogP contribution in [0, 0.1) is 0 Å². The minimum Gasteiger partial charge on any atom is -0.490 e. The Morgan fingerprint density at radius 2 is 1.94 bits per heavy atom. The van der Waals surface area contributed by atoms with E-state index in [4.69, 9.17) is 26.2 Å². The molecule has 1 N–H and O–H groups in total.